The average Bonchev–Trinajstić information content (AvgIpc) is 2.43. The van der Waals surface area contributed by atoms with E-state index < -0.39 is 11.1 Å². The lowest BCUT2D eigenvalue weighted by Gasteiger charge is -1.98. The summed E-state index contributed by atoms with van der Waals surface area (Å²) in [6.45, 7) is 0. The standard InChI is InChI=1S/C7H6O2.C6H5NO4/c8-7(9)6-4-2-1-3-5-6;8-5-3-1-2-4-6(5)11-7(9)10/h1-5H,(H,8,9);1-4,8H. The number of carboxylic acid groups (broad SMARTS) is 1. The topological polar surface area (TPSA) is 110 Å². The zero-order valence-corrected chi connectivity index (χ0v) is 10.2. The third-order valence-corrected chi connectivity index (χ3v) is 2.06. The van der Waals surface area contributed by atoms with Gasteiger partial charge in [-0.1, -0.05) is 30.3 Å². The van der Waals surface area contributed by atoms with Gasteiger partial charge in [0.2, 0.25) is 0 Å². The van der Waals surface area contributed by atoms with Gasteiger partial charge in [0.25, 0.3) is 5.09 Å². The summed E-state index contributed by atoms with van der Waals surface area (Å²) in [6, 6.07) is 14.0. The number of nitrogens with zero attached hydrogens (tertiary/aromatic N) is 1. The second-order valence-corrected chi connectivity index (χ2v) is 3.45. The second-order valence-electron chi connectivity index (χ2n) is 3.45. The molecule has 0 aromatic heterocycles. The molecule has 0 bridgehead atoms. The maximum Gasteiger partial charge on any atom is 0.335 e. The first-order valence-corrected chi connectivity index (χ1v) is 5.39. The molecule has 2 N–H and O–H groups in total. The fraction of sp³-hybridized carbons (Fsp3) is 0. The first-order valence-electron chi connectivity index (χ1n) is 5.39. The fourth-order valence-corrected chi connectivity index (χ4v) is 1.20. The van der Waals surface area contributed by atoms with Crippen LogP contribution in [0.4, 0.5) is 0 Å². The van der Waals surface area contributed by atoms with E-state index in [2.05, 4.69) is 4.84 Å². The molecular weight excluding hydrogens is 266 g/mol. The smallest absolute Gasteiger partial charge is 0.335 e. The van der Waals surface area contributed by atoms with Crippen molar-refractivity contribution in [1.82, 2.24) is 0 Å². The van der Waals surface area contributed by atoms with Gasteiger partial charge in [0.15, 0.2) is 5.75 Å². The molecule has 0 atom stereocenters. The lowest BCUT2D eigenvalue weighted by Crippen LogP contribution is -2.03. The number of carbonyl (C=O) groups is 1. The maximum atomic E-state index is 10.2. The van der Waals surface area contributed by atoms with E-state index in [1.807, 2.05) is 0 Å². The Morgan fingerprint density at radius 3 is 2.05 bits per heavy atom. The maximum absolute atomic E-state index is 10.2. The molecule has 7 heteroatoms. The Morgan fingerprint density at radius 2 is 1.60 bits per heavy atom. The molecule has 0 heterocycles. The van der Waals surface area contributed by atoms with Crippen molar-refractivity contribution in [1.29, 1.82) is 0 Å². The van der Waals surface area contributed by atoms with Crippen LogP contribution in [-0.2, 0) is 0 Å². The van der Waals surface area contributed by atoms with Gasteiger partial charge in [-0.05, 0) is 24.3 Å². The molecule has 104 valence electrons. The number of phenolic OH excluding ortho intramolecular Hbond substituents is 1. The Morgan fingerprint density at radius 1 is 1.05 bits per heavy atom. The molecule has 0 aliphatic heterocycles. The third kappa shape index (κ3) is 5.05. The van der Waals surface area contributed by atoms with Crippen molar-refractivity contribution < 1.29 is 24.9 Å². The molecule has 0 spiro atoms. The van der Waals surface area contributed by atoms with Crippen LogP contribution in [0, 0.1) is 10.1 Å². The van der Waals surface area contributed by atoms with Crippen LogP contribution in [0.25, 0.3) is 0 Å². The zero-order valence-electron chi connectivity index (χ0n) is 10.2. The molecule has 0 radical (unpaired) electrons. The van der Waals surface area contributed by atoms with Gasteiger partial charge >= 0.3 is 5.97 Å². The highest BCUT2D eigenvalue weighted by atomic mass is 17.0. The number of aromatic hydroxyl groups is 1. The number of phenols is 1. The predicted molar refractivity (Wildman–Crippen MR) is 69.1 cm³/mol. The first kappa shape index (κ1) is 15.0. The van der Waals surface area contributed by atoms with Gasteiger partial charge in [-0.25, -0.2) is 4.79 Å². The molecule has 0 unspecified atom stereocenters. The molecule has 0 amide bonds. The van der Waals surface area contributed by atoms with E-state index in [9.17, 15) is 14.9 Å². The summed E-state index contributed by atoms with van der Waals surface area (Å²) in [5, 5.41) is 26.1. The monoisotopic (exact) mass is 277 g/mol. The molecule has 2 aromatic carbocycles. The Bertz CT molecular complexity index is 584. The number of benzene rings is 2. The number of carboxylic acids is 1. The van der Waals surface area contributed by atoms with Crippen LogP contribution in [0.1, 0.15) is 10.4 Å². The zero-order chi connectivity index (χ0) is 15.0. The van der Waals surface area contributed by atoms with Crippen LogP contribution in [-0.4, -0.2) is 21.3 Å². The van der Waals surface area contributed by atoms with Crippen LogP contribution in [0.15, 0.2) is 54.6 Å². The van der Waals surface area contributed by atoms with E-state index in [0.29, 0.717) is 5.56 Å². The minimum absolute atomic E-state index is 0.155. The van der Waals surface area contributed by atoms with Crippen LogP contribution in [0.3, 0.4) is 0 Å². The molecule has 20 heavy (non-hydrogen) atoms. The summed E-state index contributed by atoms with van der Waals surface area (Å²) in [5.41, 5.74) is 0.331. The van der Waals surface area contributed by atoms with Crippen LogP contribution < -0.4 is 4.84 Å². The number of aromatic carboxylic acids is 1. The molecule has 0 aliphatic rings. The predicted octanol–water partition coefficient (Wildman–Crippen LogP) is 2.35. The largest absolute Gasteiger partial charge is 0.506 e. The highest BCUT2D eigenvalue weighted by molar-refractivity contribution is 5.87. The van der Waals surface area contributed by atoms with Gasteiger partial charge in [-0.2, -0.15) is 0 Å². The van der Waals surface area contributed by atoms with E-state index in [0.717, 1.165) is 0 Å². The number of rotatable bonds is 3. The second kappa shape index (κ2) is 7.37. The van der Waals surface area contributed by atoms with Crippen molar-refractivity contribution in [3.05, 3.63) is 70.3 Å². The highest BCUT2D eigenvalue weighted by Gasteiger charge is 2.02. The Kier molecular flexibility index (Phi) is 5.51. The van der Waals surface area contributed by atoms with Gasteiger partial charge in [0, 0.05) is 0 Å². The minimum atomic E-state index is -0.977. The van der Waals surface area contributed by atoms with E-state index in [4.69, 9.17) is 10.2 Å². The van der Waals surface area contributed by atoms with Crippen molar-refractivity contribution in [2.75, 3.05) is 0 Å². The summed E-state index contributed by atoms with van der Waals surface area (Å²) in [6.07, 6.45) is 0. The molecular formula is C13H11NO6. The summed E-state index contributed by atoms with van der Waals surface area (Å²) in [4.78, 5) is 24.0. The molecule has 0 saturated carbocycles. The Hall–Kier alpha value is -3.09. The molecule has 0 aliphatic carbocycles. The van der Waals surface area contributed by atoms with Crippen LogP contribution >= 0.6 is 0 Å². The van der Waals surface area contributed by atoms with Gasteiger partial charge in [-0.15, -0.1) is 10.1 Å². The number of hydrogen-bond acceptors (Lipinski definition) is 5. The molecule has 2 aromatic rings. The van der Waals surface area contributed by atoms with E-state index >= 15 is 0 Å². The van der Waals surface area contributed by atoms with E-state index in [1.54, 1.807) is 36.4 Å². The molecule has 0 fully saturated rings. The van der Waals surface area contributed by atoms with E-state index in [1.165, 1.54) is 18.2 Å². The highest BCUT2D eigenvalue weighted by Crippen LogP contribution is 2.23. The number of para-hydroxylation sites is 2. The minimum Gasteiger partial charge on any atom is -0.506 e. The quantitative estimate of drug-likeness (QED) is 0.658. The Balaban J connectivity index is 0.000000204. The number of hydrogen-bond donors (Lipinski definition) is 2. The lowest BCUT2D eigenvalue weighted by atomic mass is 10.2. The van der Waals surface area contributed by atoms with Crippen molar-refractivity contribution in [3.8, 4) is 11.5 Å². The Labute approximate surface area is 113 Å². The summed E-state index contributed by atoms with van der Waals surface area (Å²) >= 11 is 0. The molecule has 7 nitrogen and oxygen atoms in total. The summed E-state index contributed by atoms with van der Waals surface area (Å²) in [5.74, 6) is -1.28. The van der Waals surface area contributed by atoms with E-state index in [-0.39, 0.29) is 11.5 Å². The van der Waals surface area contributed by atoms with Crippen molar-refractivity contribution in [2.45, 2.75) is 0 Å². The molecule has 0 saturated heterocycles. The van der Waals surface area contributed by atoms with Crippen molar-refractivity contribution in [3.63, 3.8) is 0 Å². The van der Waals surface area contributed by atoms with Gasteiger partial charge in [-0.3, -0.25) is 4.84 Å². The SMILES string of the molecule is O=C(O)c1ccccc1.O=[N+]([O-])Oc1ccccc1O. The van der Waals surface area contributed by atoms with Crippen molar-refractivity contribution >= 4 is 5.97 Å². The van der Waals surface area contributed by atoms with Gasteiger partial charge < -0.3 is 10.2 Å². The molecule has 2 rings (SSSR count). The first-order chi connectivity index (χ1) is 9.50. The van der Waals surface area contributed by atoms with Gasteiger partial charge in [0.05, 0.1) is 5.56 Å². The fourth-order valence-electron chi connectivity index (χ4n) is 1.20. The van der Waals surface area contributed by atoms with Gasteiger partial charge in [0.1, 0.15) is 5.75 Å². The van der Waals surface area contributed by atoms with Crippen LogP contribution in [0.2, 0.25) is 0 Å². The van der Waals surface area contributed by atoms with Crippen molar-refractivity contribution in [2.24, 2.45) is 0 Å². The van der Waals surface area contributed by atoms with Crippen LogP contribution in [0.5, 0.6) is 11.5 Å². The summed E-state index contributed by atoms with van der Waals surface area (Å²) < 4.78 is 0. The third-order valence-electron chi connectivity index (χ3n) is 2.06. The summed E-state index contributed by atoms with van der Waals surface area (Å²) in [7, 11) is 0. The normalized spacial score (nSPS) is 9.00. The lowest BCUT2D eigenvalue weighted by molar-refractivity contribution is -0.711. The average molecular weight is 277 g/mol.